The van der Waals surface area contributed by atoms with Gasteiger partial charge in [-0.1, -0.05) is 11.8 Å². The van der Waals surface area contributed by atoms with E-state index in [2.05, 4.69) is 23.4 Å². The third-order valence-corrected chi connectivity index (χ3v) is 3.79. The number of rotatable bonds is 6. The lowest BCUT2D eigenvalue weighted by Gasteiger charge is -2.01. The molecule has 18 heavy (non-hydrogen) atoms. The van der Waals surface area contributed by atoms with Crippen molar-refractivity contribution in [1.82, 2.24) is 5.32 Å². The topological polar surface area (TPSA) is 49.3 Å². The number of aliphatic hydroxyl groups is 1. The van der Waals surface area contributed by atoms with Crippen LogP contribution >= 0.6 is 23.1 Å². The minimum atomic E-state index is -0.0312. The molecule has 1 rings (SSSR count). The van der Waals surface area contributed by atoms with Crippen molar-refractivity contribution in [2.45, 2.75) is 12.8 Å². The van der Waals surface area contributed by atoms with E-state index in [0.29, 0.717) is 17.8 Å². The van der Waals surface area contributed by atoms with Crippen LogP contribution in [0.5, 0.6) is 0 Å². The minimum absolute atomic E-state index is 0.0312. The Morgan fingerprint density at radius 3 is 3.11 bits per heavy atom. The van der Waals surface area contributed by atoms with Gasteiger partial charge in [0.05, 0.1) is 16.4 Å². The van der Waals surface area contributed by atoms with E-state index in [4.69, 9.17) is 5.11 Å². The predicted molar refractivity (Wildman–Crippen MR) is 78.2 cm³/mol. The Kier molecular flexibility index (Phi) is 7.58. The first-order valence-corrected chi connectivity index (χ1v) is 7.95. The van der Waals surface area contributed by atoms with Crippen LogP contribution in [-0.2, 0) is 0 Å². The molecular weight excluding hydrogens is 266 g/mol. The van der Waals surface area contributed by atoms with E-state index >= 15 is 0 Å². The van der Waals surface area contributed by atoms with E-state index in [9.17, 15) is 4.79 Å². The monoisotopic (exact) mass is 283 g/mol. The van der Waals surface area contributed by atoms with Crippen molar-refractivity contribution in [3.05, 3.63) is 21.9 Å². The van der Waals surface area contributed by atoms with Crippen molar-refractivity contribution < 1.29 is 9.90 Å². The second-order valence-electron chi connectivity index (χ2n) is 3.54. The van der Waals surface area contributed by atoms with E-state index in [0.717, 1.165) is 17.1 Å². The molecule has 2 N–H and O–H groups in total. The van der Waals surface area contributed by atoms with Gasteiger partial charge in [-0.25, -0.2) is 0 Å². The summed E-state index contributed by atoms with van der Waals surface area (Å²) in [4.78, 5) is 13.3. The third-order valence-electron chi connectivity index (χ3n) is 2.09. The van der Waals surface area contributed by atoms with E-state index in [1.807, 2.05) is 6.07 Å². The quantitative estimate of drug-likeness (QED) is 0.620. The lowest BCUT2D eigenvalue weighted by atomic mass is 10.3. The van der Waals surface area contributed by atoms with Crippen molar-refractivity contribution in [2.24, 2.45) is 0 Å². The Bertz CT molecular complexity index is 432. The number of thiophene rings is 1. The molecular formula is C13H17NO2S2. The highest BCUT2D eigenvalue weighted by molar-refractivity contribution is 7.98. The molecule has 5 heteroatoms. The molecule has 1 aromatic heterocycles. The zero-order valence-electron chi connectivity index (χ0n) is 10.4. The van der Waals surface area contributed by atoms with Gasteiger partial charge in [-0.05, 0) is 30.6 Å². The number of amides is 1. The van der Waals surface area contributed by atoms with Crippen LogP contribution in [0, 0.1) is 11.8 Å². The Balaban J connectivity index is 2.42. The number of hydrogen-bond donors (Lipinski definition) is 2. The first kappa shape index (κ1) is 15.1. The molecule has 0 aliphatic heterocycles. The standard InChI is InChI=1S/C13H17NO2S2/c1-17-10-4-8-14-13(16)12-7-6-11(18-12)5-2-3-9-15/h6-7,15H,3-4,8-10H2,1H3,(H,14,16). The second kappa shape index (κ2) is 9.03. The Hall–Kier alpha value is -0.960. The third kappa shape index (κ3) is 5.58. The summed E-state index contributed by atoms with van der Waals surface area (Å²) in [5.74, 6) is 6.79. The van der Waals surface area contributed by atoms with Gasteiger partial charge in [-0.2, -0.15) is 11.8 Å². The fourth-order valence-electron chi connectivity index (χ4n) is 1.24. The van der Waals surface area contributed by atoms with Crippen LogP contribution in [0.15, 0.2) is 12.1 Å². The summed E-state index contributed by atoms with van der Waals surface area (Å²) in [7, 11) is 0. The minimum Gasteiger partial charge on any atom is -0.395 e. The van der Waals surface area contributed by atoms with Gasteiger partial charge < -0.3 is 10.4 Å². The number of aliphatic hydroxyl groups excluding tert-OH is 1. The van der Waals surface area contributed by atoms with E-state index in [1.165, 1.54) is 11.3 Å². The average molecular weight is 283 g/mol. The van der Waals surface area contributed by atoms with E-state index < -0.39 is 0 Å². The van der Waals surface area contributed by atoms with Gasteiger partial charge in [0.15, 0.2) is 0 Å². The fraction of sp³-hybridized carbons (Fsp3) is 0.462. The molecule has 0 aliphatic rings. The van der Waals surface area contributed by atoms with Crippen LogP contribution in [0.25, 0.3) is 0 Å². The van der Waals surface area contributed by atoms with Gasteiger partial charge in [0.1, 0.15) is 0 Å². The Morgan fingerprint density at radius 2 is 2.39 bits per heavy atom. The molecule has 0 bridgehead atoms. The van der Waals surface area contributed by atoms with Gasteiger partial charge in [-0.3, -0.25) is 4.79 Å². The molecule has 98 valence electrons. The number of thioether (sulfide) groups is 1. The molecule has 0 aromatic carbocycles. The van der Waals surface area contributed by atoms with Crippen molar-refractivity contribution in [3.8, 4) is 11.8 Å². The van der Waals surface area contributed by atoms with Crippen LogP contribution in [0.3, 0.4) is 0 Å². The first-order chi connectivity index (χ1) is 8.77. The van der Waals surface area contributed by atoms with Gasteiger partial charge in [0.25, 0.3) is 5.91 Å². The summed E-state index contributed by atoms with van der Waals surface area (Å²) in [6, 6.07) is 3.63. The number of hydrogen-bond acceptors (Lipinski definition) is 4. The molecule has 0 saturated heterocycles. The SMILES string of the molecule is CSCCCNC(=O)c1ccc(C#CCCO)s1. The molecule has 0 fully saturated rings. The number of carbonyl (C=O) groups is 1. The molecule has 1 amide bonds. The highest BCUT2D eigenvalue weighted by Gasteiger charge is 2.07. The summed E-state index contributed by atoms with van der Waals surface area (Å²) in [5, 5.41) is 11.5. The largest absolute Gasteiger partial charge is 0.395 e. The van der Waals surface area contributed by atoms with Crippen LogP contribution in [0.1, 0.15) is 27.4 Å². The molecule has 1 aromatic rings. The summed E-state index contributed by atoms with van der Waals surface area (Å²) in [5.41, 5.74) is 0. The highest BCUT2D eigenvalue weighted by Crippen LogP contribution is 2.15. The molecule has 1 heterocycles. The van der Waals surface area contributed by atoms with Crippen LogP contribution < -0.4 is 5.32 Å². The highest BCUT2D eigenvalue weighted by atomic mass is 32.2. The van der Waals surface area contributed by atoms with E-state index in [-0.39, 0.29) is 12.5 Å². The lowest BCUT2D eigenvalue weighted by Crippen LogP contribution is -2.23. The lowest BCUT2D eigenvalue weighted by molar-refractivity contribution is 0.0958. The second-order valence-corrected chi connectivity index (χ2v) is 5.61. The van der Waals surface area contributed by atoms with Gasteiger partial charge in [0.2, 0.25) is 0 Å². The van der Waals surface area contributed by atoms with Gasteiger partial charge in [0, 0.05) is 13.0 Å². The summed E-state index contributed by atoms with van der Waals surface area (Å²) in [6.45, 7) is 0.782. The summed E-state index contributed by atoms with van der Waals surface area (Å²) >= 11 is 3.16. The van der Waals surface area contributed by atoms with Crippen molar-refractivity contribution in [1.29, 1.82) is 0 Å². The zero-order chi connectivity index (χ0) is 13.2. The predicted octanol–water partition coefficient (Wildman–Crippen LogP) is 1.96. The maximum absolute atomic E-state index is 11.8. The normalized spacial score (nSPS) is 9.67. The van der Waals surface area contributed by atoms with Crippen molar-refractivity contribution in [2.75, 3.05) is 25.2 Å². The van der Waals surface area contributed by atoms with Crippen molar-refractivity contribution in [3.63, 3.8) is 0 Å². The Morgan fingerprint density at radius 1 is 1.56 bits per heavy atom. The number of carbonyl (C=O) groups excluding carboxylic acids is 1. The maximum Gasteiger partial charge on any atom is 0.261 e. The molecule has 0 aliphatic carbocycles. The molecule has 0 radical (unpaired) electrons. The number of nitrogens with one attached hydrogen (secondary N) is 1. The zero-order valence-corrected chi connectivity index (χ0v) is 12.0. The molecule has 0 spiro atoms. The molecule has 3 nitrogen and oxygen atoms in total. The van der Waals surface area contributed by atoms with Crippen LogP contribution in [0.2, 0.25) is 0 Å². The van der Waals surface area contributed by atoms with Crippen LogP contribution in [0.4, 0.5) is 0 Å². The van der Waals surface area contributed by atoms with E-state index in [1.54, 1.807) is 17.8 Å². The smallest absolute Gasteiger partial charge is 0.261 e. The van der Waals surface area contributed by atoms with Crippen molar-refractivity contribution >= 4 is 29.0 Å². The first-order valence-electron chi connectivity index (χ1n) is 5.74. The van der Waals surface area contributed by atoms with Crippen LogP contribution in [-0.4, -0.2) is 36.2 Å². The Labute approximate surface area is 116 Å². The molecule has 0 atom stereocenters. The fourth-order valence-corrected chi connectivity index (χ4v) is 2.47. The average Bonchev–Trinajstić information content (AvgIpc) is 2.84. The maximum atomic E-state index is 11.8. The summed E-state index contributed by atoms with van der Waals surface area (Å²) < 4.78 is 0. The van der Waals surface area contributed by atoms with Gasteiger partial charge >= 0.3 is 0 Å². The molecule has 0 saturated carbocycles. The summed E-state index contributed by atoms with van der Waals surface area (Å²) in [6.07, 6.45) is 3.51. The van der Waals surface area contributed by atoms with Gasteiger partial charge in [-0.15, -0.1) is 11.3 Å². The molecule has 0 unspecified atom stereocenters.